The number of hydrogen-bond acceptors (Lipinski definition) is 4. The molecule has 0 saturated heterocycles. The molecular weight excluding hydrogens is 414 g/mol. The predicted molar refractivity (Wildman–Crippen MR) is 129 cm³/mol. The molecular formula is C27H31N3O3. The summed E-state index contributed by atoms with van der Waals surface area (Å²) in [6.07, 6.45) is 2.19. The average Bonchev–Trinajstić information content (AvgIpc) is 3.06. The van der Waals surface area contributed by atoms with Crippen molar-refractivity contribution in [2.75, 3.05) is 7.05 Å². The van der Waals surface area contributed by atoms with Crippen LogP contribution in [0.15, 0.2) is 60.7 Å². The van der Waals surface area contributed by atoms with Gasteiger partial charge in [-0.05, 0) is 44.9 Å². The molecule has 1 heterocycles. The third-order valence-electron chi connectivity index (χ3n) is 5.56. The van der Waals surface area contributed by atoms with Crippen LogP contribution in [0.5, 0.6) is 0 Å². The number of amides is 1. The van der Waals surface area contributed by atoms with Crippen molar-refractivity contribution in [3.63, 3.8) is 0 Å². The molecule has 0 fully saturated rings. The zero-order chi connectivity index (χ0) is 24.0. The first kappa shape index (κ1) is 24.0. The second-order valence-electron chi connectivity index (χ2n) is 8.32. The second-order valence-corrected chi connectivity index (χ2v) is 8.32. The highest BCUT2D eigenvalue weighted by Crippen LogP contribution is 2.17. The quantitative estimate of drug-likeness (QED) is 0.379. The molecule has 1 aromatic heterocycles. The topological polar surface area (TPSA) is 64.4 Å². The number of benzene rings is 2. The molecule has 0 saturated carbocycles. The Morgan fingerprint density at radius 2 is 1.70 bits per heavy atom. The summed E-state index contributed by atoms with van der Waals surface area (Å²) >= 11 is 0. The van der Waals surface area contributed by atoms with Gasteiger partial charge < -0.3 is 9.64 Å². The number of esters is 1. The van der Waals surface area contributed by atoms with E-state index in [4.69, 9.17) is 4.74 Å². The molecule has 1 atom stereocenters. The molecule has 0 aliphatic rings. The van der Waals surface area contributed by atoms with E-state index in [1.54, 1.807) is 24.9 Å². The van der Waals surface area contributed by atoms with E-state index >= 15 is 0 Å². The van der Waals surface area contributed by atoms with Gasteiger partial charge in [-0.1, -0.05) is 60.2 Å². The van der Waals surface area contributed by atoms with Crippen molar-refractivity contribution in [1.82, 2.24) is 14.7 Å². The van der Waals surface area contributed by atoms with Crippen molar-refractivity contribution in [2.24, 2.45) is 0 Å². The van der Waals surface area contributed by atoms with Crippen LogP contribution in [0.2, 0.25) is 0 Å². The van der Waals surface area contributed by atoms with E-state index < -0.39 is 12.1 Å². The SMILES string of the molecule is Cc1ccc(Cn2nc(C)c(/C=C/C(=O)OC(C)C(=O)N(C)Cc3ccccc3)c2C)cc1. The summed E-state index contributed by atoms with van der Waals surface area (Å²) in [5, 5.41) is 4.61. The number of hydrogen-bond donors (Lipinski definition) is 0. The lowest BCUT2D eigenvalue weighted by Crippen LogP contribution is -2.36. The molecule has 33 heavy (non-hydrogen) atoms. The van der Waals surface area contributed by atoms with Gasteiger partial charge in [0.1, 0.15) is 0 Å². The molecule has 0 aliphatic heterocycles. The minimum atomic E-state index is -0.873. The maximum absolute atomic E-state index is 12.6. The Balaban J connectivity index is 1.60. The van der Waals surface area contributed by atoms with Crippen molar-refractivity contribution in [1.29, 1.82) is 0 Å². The van der Waals surface area contributed by atoms with Crippen LogP contribution < -0.4 is 0 Å². The van der Waals surface area contributed by atoms with Gasteiger partial charge >= 0.3 is 5.97 Å². The van der Waals surface area contributed by atoms with Crippen LogP contribution in [0.3, 0.4) is 0 Å². The molecule has 0 radical (unpaired) electrons. The molecule has 6 heteroatoms. The van der Waals surface area contributed by atoms with E-state index in [1.165, 1.54) is 11.6 Å². The summed E-state index contributed by atoms with van der Waals surface area (Å²) in [5.41, 5.74) is 6.06. The molecule has 3 aromatic rings. The van der Waals surface area contributed by atoms with E-state index in [0.717, 1.165) is 28.1 Å². The molecule has 2 aromatic carbocycles. The molecule has 172 valence electrons. The maximum Gasteiger partial charge on any atom is 0.331 e. The number of ether oxygens (including phenoxy) is 1. The van der Waals surface area contributed by atoms with Gasteiger partial charge in [0.15, 0.2) is 6.10 Å². The van der Waals surface area contributed by atoms with Gasteiger partial charge in [-0.3, -0.25) is 9.48 Å². The fourth-order valence-corrected chi connectivity index (χ4v) is 3.63. The number of nitrogens with zero attached hydrogens (tertiary/aromatic N) is 3. The molecule has 1 amide bonds. The van der Waals surface area contributed by atoms with E-state index in [1.807, 2.05) is 48.9 Å². The van der Waals surface area contributed by atoms with Gasteiger partial charge in [-0.25, -0.2) is 4.79 Å². The van der Waals surface area contributed by atoms with E-state index in [-0.39, 0.29) is 5.91 Å². The highest BCUT2D eigenvalue weighted by molar-refractivity contribution is 5.90. The normalized spacial score (nSPS) is 12.0. The van der Waals surface area contributed by atoms with Crippen LogP contribution in [0.1, 0.15) is 40.6 Å². The molecule has 0 aliphatic carbocycles. The summed E-state index contributed by atoms with van der Waals surface area (Å²) in [5.74, 6) is -0.812. The first-order chi connectivity index (χ1) is 15.7. The van der Waals surface area contributed by atoms with Crippen LogP contribution in [-0.2, 0) is 27.4 Å². The van der Waals surface area contributed by atoms with Crippen LogP contribution >= 0.6 is 0 Å². The molecule has 3 rings (SSSR count). The Bertz CT molecular complexity index is 1130. The Hall–Kier alpha value is -3.67. The zero-order valence-corrected chi connectivity index (χ0v) is 19.9. The number of carbonyl (C=O) groups excluding carboxylic acids is 2. The largest absolute Gasteiger partial charge is 0.449 e. The van der Waals surface area contributed by atoms with Gasteiger partial charge in [0, 0.05) is 30.9 Å². The average molecular weight is 446 g/mol. The first-order valence-electron chi connectivity index (χ1n) is 11.0. The Labute approximate surface area is 195 Å². The van der Waals surface area contributed by atoms with E-state index in [0.29, 0.717) is 13.1 Å². The lowest BCUT2D eigenvalue weighted by atomic mass is 10.1. The third kappa shape index (κ3) is 6.42. The lowest BCUT2D eigenvalue weighted by Gasteiger charge is -2.21. The molecule has 0 N–H and O–H groups in total. The summed E-state index contributed by atoms with van der Waals surface area (Å²) in [7, 11) is 1.70. The summed E-state index contributed by atoms with van der Waals surface area (Å²) in [4.78, 5) is 26.5. The predicted octanol–water partition coefficient (Wildman–Crippen LogP) is 4.46. The molecule has 6 nitrogen and oxygen atoms in total. The third-order valence-corrected chi connectivity index (χ3v) is 5.56. The highest BCUT2D eigenvalue weighted by Gasteiger charge is 2.21. The van der Waals surface area contributed by atoms with Gasteiger partial charge in [-0.2, -0.15) is 5.10 Å². The van der Waals surface area contributed by atoms with Gasteiger partial charge in [0.05, 0.1) is 12.2 Å². The number of likely N-dealkylation sites (N-methyl/N-ethyl adjacent to an activating group) is 1. The van der Waals surface area contributed by atoms with Gasteiger partial charge in [-0.15, -0.1) is 0 Å². The van der Waals surface area contributed by atoms with Gasteiger partial charge in [0.2, 0.25) is 0 Å². The minimum absolute atomic E-state index is 0.251. The molecule has 1 unspecified atom stereocenters. The maximum atomic E-state index is 12.6. The van der Waals surface area contributed by atoms with Gasteiger partial charge in [0.25, 0.3) is 5.91 Å². The Morgan fingerprint density at radius 3 is 2.36 bits per heavy atom. The summed E-state index contributed by atoms with van der Waals surface area (Å²) in [6.45, 7) is 8.65. The molecule has 0 bridgehead atoms. The number of aryl methyl sites for hydroxylation is 2. The number of carbonyl (C=O) groups is 2. The highest BCUT2D eigenvalue weighted by atomic mass is 16.5. The van der Waals surface area contributed by atoms with Crippen molar-refractivity contribution < 1.29 is 14.3 Å². The fraction of sp³-hybridized carbons (Fsp3) is 0.296. The van der Waals surface area contributed by atoms with Crippen LogP contribution in [0, 0.1) is 20.8 Å². The number of rotatable bonds is 8. The zero-order valence-electron chi connectivity index (χ0n) is 19.9. The Kier molecular flexibility index (Phi) is 7.83. The van der Waals surface area contributed by atoms with Crippen molar-refractivity contribution in [2.45, 2.75) is 46.9 Å². The van der Waals surface area contributed by atoms with Crippen molar-refractivity contribution >= 4 is 18.0 Å². The standard InChI is InChI=1S/C27H31N3O3/c1-19-11-13-24(14-12-19)18-30-21(3)25(20(2)28-30)15-16-26(31)33-22(4)27(32)29(5)17-23-9-7-6-8-10-23/h6-16,22H,17-18H2,1-5H3/b16-15+. The lowest BCUT2D eigenvalue weighted by molar-refractivity contribution is -0.154. The van der Waals surface area contributed by atoms with Crippen molar-refractivity contribution in [3.8, 4) is 0 Å². The monoisotopic (exact) mass is 445 g/mol. The summed E-state index contributed by atoms with van der Waals surface area (Å²) in [6, 6.07) is 18.0. The summed E-state index contributed by atoms with van der Waals surface area (Å²) < 4.78 is 7.27. The minimum Gasteiger partial charge on any atom is -0.449 e. The molecule has 0 spiro atoms. The smallest absolute Gasteiger partial charge is 0.331 e. The van der Waals surface area contributed by atoms with Crippen LogP contribution in [-0.4, -0.2) is 39.7 Å². The van der Waals surface area contributed by atoms with E-state index in [2.05, 4.69) is 36.3 Å². The van der Waals surface area contributed by atoms with Crippen LogP contribution in [0.4, 0.5) is 0 Å². The number of aromatic nitrogens is 2. The van der Waals surface area contributed by atoms with Crippen LogP contribution in [0.25, 0.3) is 6.08 Å². The Morgan fingerprint density at radius 1 is 1.03 bits per heavy atom. The second kappa shape index (κ2) is 10.8. The first-order valence-corrected chi connectivity index (χ1v) is 11.0. The van der Waals surface area contributed by atoms with Crippen molar-refractivity contribution in [3.05, 3.63) is 94.3 Å². The van der Waals surface area contributed by atoms with E-state index in [9.17, 15) is 9.59 Å². The fourth-order valence-electron chi connectivity index (χ4n) is 3.63.